The fraction of sp³-hybridized carbons (Fsp3) is 0.0435. The zero-order chi connectivity index (χ0) is 17.7. The van der Waals surface area contributed by atoms with E-state index >= 15 is 0 Å². The van der Waals surface area contributed by atoms with Crippen LogP contribution in [0.2, 0.25) is 0 Å². The van der Waals surface area contributed by atoms with Gasteiger partial charge in [0, 0.05) is 16.5 Å². The van der Waals surface area contributed by atoms with Gasteiger partial charge in [0.05, 0.1) is 5.69 Å². The van der Waals surface area contributed by atoms with Crippen LogP contribution in [0.25, 0.3) is 16.3 Å². The van der Waals surface area contributed by atoms with Crippen molar-refractivity contribution in [3.8, 4) is 0 Å². The molecule has 1 aliphatic carbocycles. The molecule has 0 atom stereocenters. The predicted molar refractivity (Wildman–Crippen MR) is 103 cm³/mol. The van der Waals surface area contributed by atoms with Crippen molar-refractivity contribution in [2.45, 2.75) is 6.42 Å². The number of carbonyl (C=O) groups excluding carboxylic acids is 2. The molecule has 5 rings (SSSR count). The van der Waals surface area contributed by atoms with Crippen molar-refractivity contribution in [3.63, 3.8) is 0 Å². The minimum Gasteiger partial charge on any atom is -0.268 e. The van der Waals surface area contributed by atoms with Gasteiger partial charge in [0.25, 0.3) is 11.8 Å². The predicted octanol–water partition coefficient (Wildman–Crippen LogP) is 4.98. The molecule has 3 aromatic rings. The van der Waals surface area contributed by atoms with Gasteiger partial charge in [-0.15, -0.1) is 0 Å². The number of benzene rings is 3. The van der Waals surface area contributed by atoms with Crippen LogP contribution in [0.3, 0.4) is 0 Å². The number of carbonyl (C=O) groups is 2. The highest BCUT2D eigenvalue weighted by Gasteiger charge is 2.33. The van der Waals surface area contributed by atoms with Gasteiger partial charge in [-0.1, -0.05) is 54.6 Å². The topological polar surface area (TPSA) is 37.4 Å². The third kappa shape index (κ3) is 2.07. The summed E-state index contributed by atoms with van der Waals surface area (Å²) in [6.45, 7) is 0. The van der Waals surface area contributed by atoms with Gasteiger partial charge in [0.2, 0.25) is 0 Å². The van der Waals surface area contributed by atoms with Crippen molar-refractivity contribution >= 4 is 33.8 Å². The Kier molecular flexibility index (Phi) is 3.16. The molecule has 3 aromatic carbocycles. The molecule has 0 radical (unpaired) electrons. The van der Waals surface area contributed by atoms with E-state index in [1.165, 1.54) is 10.5 Å². The third-order valence-corrected chi connectivity index (χ3v) is 5.02. The van der Waals surface area contributed by atoms with Gasteiger partial charge in [-0.05, 0) is 47.2 Å². The highest BCUT2D eigenvalue weighted by atomic mass is 16.2. The summed E-state index contributed by atoms with van der Waals surface area (Å²) in [5.74, 6) is -0.537. The highest BCUT2D eigenvalue weighted by molar-refractivity contribution is 6.35. The van der Waals surface area contributed by atoms with Crippen molar-refractivity contribution in [2.24, 2.45) is 0 Å². The molecule has 0 unspecified atom stereocenters. The SMILES string of the molecule is O=C1c2cccc3cccc(c23)C(=O)N1c1cccc(C2=CC=CC2)c1. The maximum absolute atomic E-state index is 13.1. The average Bonchev–Trinajstić information content (AvgIpc) is 3.21. The largest absolute Gasteiger partial charge is 0.268 e. The summed E-state index contributed by atoms with van der Waals surface area (Å²) < 4.78 is 0. The Morgan fingerprint density at radius 1 is 0.808 bits per heavy atom. The number of imide groups is 1. The second-order valence-electron chi connectivity index (χ2n) is 6.53. The summed E-state index contributed by atoms with van der Waals surface area (Å²) in [6.07, 6.45) is 7.05. The van der Waals surface area contributed by atoms with E-state index in [2.05, 4.69) is 12.2 Å². The Hall–Kier alpha value is -3.46. The Bertz CT molecular complexity index is 1100. The number of hydrogen-bond donors (Lipinski definition) is 0. The van der Waals surface area contributed by atoms with Crippen molar-refractivity contribution in [1.29, 1.82) is 0 Å². The van der Waals surface area contributed by atoms with Gasteiger partial charge in [-0.25, -0.2) is 4.90 Å². The van der Waals surface area contributed by atoms with Crippen molar-refractivity contribution in [3.05, 3.63) is 95.6 Å². The van der Waals surface area contributed by atoms with Crippen LogP contribution in [0.4, 0.5) is 5.69 Å². The summed E-state index contributed by atoms with van der Waals surface area (Å²) in [5.41, 5.74) is 3.97. The third-order valence-electron chi connectivity index (χ3n) is 5.02. The second-order valence-corrected chi connectivity index (χ2v) is 6.53. The quantitative estimate of drug-likeness (QED) is 0.618. The van der Waals surface area contributed by atoms with Crippen LogP contribution in [0.15, 0.2) is 78.9 Å². The molecule has 124 valence electrons. The number of anilines is 1. The van der Waals surface area contributed by atoms with Crippen LogP contribution >= 0.6 is 0 Å². The fourth-order valence-electron chi connectivity index (χ4n) is 3.77. The maximum Gasteiger partial charge on any atom is 0.265 e. The van der Waals surface area contributed by atoms with Crippen LogP contribution in [0.1, 0.15) is 32.7 Å². The monoisotopic (exact) mass is 337 g/mol. The second kappa shape index (κ2) is 5.53. The van der Waals surface area contributed by atoms with Crippen LogP contribution in [0, 0.1) is 0 Å². The molecule has 1 heterocycles. The minimum atomic E-state index is -0.269. The lowest BCUT2D eigenvalue weighted by Crippen LogP contribution is -2.40. The number of allylic oxidation sites excluding steroid dienone is 4. The van der Waals surface area contributed by atoms with Crippen molar-refractivity contribution in [1.82, 2.24) is 0 Å². The van der Waals surface area contributed by atoms with Gasteiger partial charge in [0.15, 0.2) is 0 Å². The molecular formula is C23H15NO2. The molecule has 0 aromatic heterocycles. The van der Waals surface area contributed by atoms with Gasteiger partial charge in [-0.2, -0.15) is 0 Å². The Morgan fingerprint density at radius 3 is 2.15 bits per heavy atom. The number of rotatable bonds is 2. The van der Waals surface area contributed by atoms with Crippen LogP contribution in [-0.4, -0.2) is 11.8 Å². The van der Waals surface area contributed by atoms with Gasteiger partial charge in [0.1, 0.15) is 0 Å². The molecular weight excluding hydrogens is 322 g/mol. The normalized spacial score (nSPS) is 15.7. The number of hydrogen-bond acceptors (Lipinski definition) is 2. The number of nitrogens with zero attached hydrogens (tertiary/aromatic N) is 1. The first-order valence-electron chi connectivity index (χ1n) is 8.61. The lowest BCUT2D eigenvalue weighted by atomic mass is 9.93. The van der Waals surface area contributed by atoms with Crippen LogP contribution in [-0.2, 0) is 0 Å². The Balaban J connectivity index is 1.67. The molecule has 26 heavy (non-hydrogen) atoms. The summed E-state index contributed by atoms with van der Waals surface area (Å²) >= 11 is 0. The van der Waals surface area contributed by atoms with E-state index in [1.54, 1.807) is 12.1 Å². The van der Waals surface area contributed by atoms with Crippen molar-refractivity contribution in [2.75, 3.05) is 4.90 Å². The summed E-state index contributed by atoms with van der Waals surface area (Å²) in [6, 6.07) is 18.8. The molecule has 0 bridgehead atoms. The fourth-order valence-corrected chi connectivity index (χ4v) is 3.77. The molecule has 2 amide bonds. The lowest BCUT2D eigenvalue weighted by Gasteiger charge is -2.27. The molecule has 0 spiro atoms. The van der Waals surface area contributed by atoms with Crippen LogP contribution in [0.5, 0.6) is 0 Å². The molecule has 1 aliphatic heterocycles. The minimum absolute atomic E-state index is 0.269. The van der Waals surface area contributed by atoms with Gasteiger partial charge >= 0.3 is 0 Å². The molecule has 3 heteroatoms. The first-order chi connectivity index (χ1) is 12.7. The first kappa shape index (κ1) is 14.8. The maximum atomic E-state index is 13.1. The zero-order valence-electron chi connectivity index (χ0n) is 14.0. The van der Waals surface area contributed by atoms with Crippen molar-refractivity contribution < 1.29 is 9.59 Å². The van der Waals surface area contributed by atoms with E-state index in [4.69, 9.17) is 0 Å². The molecule has 3 nitrogen and oxygen atoms in total. The first-order valence-corrected chi connectivity index (χ1v) is 8.61. The van der Waals surface area contributed by atoms with E-state index < -0.39 is 0 Å². The molecule has 0 saturated heterocycles. The Labute approximate surface area is 150 Å². The highest BCUT2D eigenvalue weighted by Crippen LogP contribution is 2.34. The smallest absolute Gasteiger partial charge is 0.265 e. The zero-order valence-corrected chi connectivity index (χ0v) is 14.0. The van der Waals surface area contributed by atoms with E-state index in [-0.39, 0.29) is 11.8 Å². The van der Waals surface area contributed by atoms with E-state index in [9.17, 15) is 9.59 Å². The van der Waals surface area contributed by atoms with E-state index in [0.717, 1.165) is 22.8 Å². The molecule has 0 N–H and O–H groups in total. The molecule has 0 fully saturated rings. The van der Waals surface area contributed by atoms with Gasteiger partial charge < -0.3 is 0 Å². The molecule has 2 aliphatic rings. The van der Waals surface area contributed by atoms with E-state index in [0.29, 0.717) is 16.8 Å². The standard InChI is InChI=1S/C23H15NO2/c25-22-19-12-4-8-16-9-5-13-20(21(16)19)23(26)24(22)18-11-3-10-17(14-18)15-6-1-2-7-15/h1-6,8-14H,7H2. The van der Waals surface area contributed by atoms with E-state index in [1.807, 2.05) is 54.6 Å². The Morgan fingerprint density at radius 2 is 1.50 bits per heavy atom. The summed E-state index contributed by atoms with van der Waals surface area (Å²) in [7, 11) is 0. The molecule has 0 saturated carbocycles. The van der Waals surface area contributed by atoms with Gasteiger partial charge in [-0.3, -0.25) is 9.59 Å². The lowest BCUT2D eigenvalue weighted by molar-refractivity contribution is 0.0893. The summed E-state index contributed by atoms with van der Waals surface area (Å²) in [4.78, 5) is 27.5. The number of amides is 2. The van der Waals surface area contributed by atoms with Crippen LogP contribution < -0.4 is 4.90 Å². The average molecular weight is 337 g/mol. The summed E-state index contributed by atoms with van der Waals surface area (Å²) in [5, 5.41) is 1.66.